The van der Waals surface area contributed by atoms with Crippen LogP contribution in [0.3, 0.4) is 0 Å². The van der Waals surface area contributed by atoms with Crippen molar-refractivity contribution in [2.45, 2.75) is 37.9 Å². The van der Waals surface area contributed by atoms with Crippen molar-refractivity contribution in [2.75, 3.05) is 0 Å². The maximum absolute atomic E-state index is 13.7. The summed E-state index contributed by atoms with van der Waals surface area (Å²) < 4.78 is 13.7. The van der Waals surface area contributed by atoms with Crippen molar-refractivity contribution >= 4 is 5.97 Å². The fourth-order valence-electron chi connectivity index (χ4n) is 2.12. The first kappa shape index (κ1) is 14.6. The summed E-state index contributed by atoms with van der Waals surface area (Å²) in [5.74, 6) is -2.31. The van der Waals surface area contributed by atoms with E-state index in [-0.39, 0.29) is 18.4 Å². The average molecular weight is 256 g/mol. The molecule has 4 nitrogen and oxygen atoms in total. The van der Waals surface area contributed by atoms with E-state index in [1.807, 2.05) is 0 Å². The standard InChI is InChI=1S/C13H17FO4/c1-3-12(17,13(18,4-2)11(15)16)9-7-5-6-8-10(9)14/h5-8,17-18H,3-4H2,1-2H3,(H,15,16)/t12-,13+/m0/s1. The largest absolute Gasteiger partial charge is 0.479 e. The van der Waals surface area contributed by atoms with Gasteiger partial charge in [0.2, 0.25) is 0 Å². The van der Waals surface area contributed by atoms with Crippen molar-refractivity contribution in [3.63, 3.8) is 0 Å². The number of rotatable bonds is 5. The highest BCUT2D eigenvalue weighted by Gasteiger charge is 2.54. The lowest BCUT2D eigenvalue weighted by atomic mass is 9.74. The van der Waals surface area contributed by atoms with Gasteiger partial charge in [-0.2, -0.15) is 0 Å². The Morgan fingerprint density at radius 1 is 1.22 bits per heavy atom. The maximum atomic E-state index is 13.7. The smallest absolute Gasteiger partial charge is 0.339 e. The Hall–Kier alpha value is -1.46. The third-order valence-corrected chi connectivity index (χ3v) is 3.38. The number of aliphatic hydroxyl groups is 2. The van der Waals surface area contributed by atoms with Gasteiger partial charge in [0.05, 0.1) is 0 Å². The highest BCUT2D eigenvalue weighted by atomic mass is 19.1. The molecule has 0 aliphatic carbocycles. The molecule has 18 heavy (non-hydrogen) atoms. The number of halogens is 1. The molecule has 1 rings (SSSR count). The Balaban J connectivity index is 3.46. The second-order valence-corrected chi connectivity index (χ2v) is 4.21. The van der Waals surface area contributed by atoms with Gasteiger partial charge < -0.3 is 15.3 Å². The first-order chi connectivity index (χ1) is 8.33. The van der Waals surface area contributed by atoms with E-state index in [1.54, 1.807) is 0 Å². The molecule has 0 spiro atoms. The van der Waals surface area contributed by atoms with Gasteiger partial charge >= 0.3 is 5.97 Å². The van der Waals surface area contributed by atoms with Crippen molar-refractivity contribution in [3.05, 3.63) is 35.6 Å². The van der Waals surface area contributed by atoms with Crippen molar-refractivity contribution in [3.8, 4) is 0 Å². The van der Waals surface area contributed by atoms with Gasteiger partial charge in [0.1, 0.15) is 11.4 Å². The van der Waals surface area contributed by atoms with Crippen LogP contribution in [-0.4, -0.2) is 26.9 Å². The van der Waals surface area contributed by atoms with E-state index < -0.39 is 23.0 Å². The normalized spacial score (nSPS) is 17.8. The fraction of sp³-hybridized carbons (Fsp3) is 0.462. The Morgan fingerprint density at radius 2 is 1.78 bits per heavy atom. The molecule has 0 fully saturated rings. The van der Waals surface area contributed by atoms with Gasteiger partial charge in [-0.25, -0.2) is 9.18 Å². The molecule has 3 N–H and O–H groups in total. The third-order valence-electron chi connectivity index (χ3n) is 3.38. The number of carboxylic acid groups (broad SMARTS) is 1. The van der Waals surface area contributed by atoms with Crippen molar-refractivity contribution in [2.24, 2.45) is 0 Å². The number of benzene rings is 1. The fourth-order valence-corrected chi connectivity index (χ4v) is 2.12. The third kappa shape index (κ3) is 2.00. The Kier molecular flexibility index (Phi) is 4.09. The van der Waals surface area contributed by atoms with Crippen molar-refractivity contribution < 1.29 is 24.5 Å². The van der Waals surface area contributed by atoms with E-state index >= 15 is 0 Å². The SMILES string of the molecule is CC[C@@](O)(C(=O)O)[C@](O)(CC)c1ccccc1F. The van der Waals surface area contributed by atoms with E-state index in [9.17, 15) is 19.4 Å². The quantitative estimate of drug-likeness (QED) is 0.748. The van der Waals surface area contributed by atoms with Crippen LogP contribution in [-0.2, 0) is 10.4 Å². The van der Waals surface area contributed by atoms with Crippen LogP contribution in [0.1, 0.15) is 32.3 Å². The molecular weight excluding hydrogens is 239 g/mol. The number of aliphatic carboxylic acids is 1. The summed E-state index contributed by atoms with van der Waals surface area (Å²) in [7, 11) is 0. The molecule has 5 heteroatoms. The zero-order valence-corrected chi connectivity index (χ0v) is 10.4. The molecular formula is C13H17FO4. The van der Waals surface area contributed by atoms with Gasteiger partial charge in [-0.3, -0.25) is 0 Å². The van der Waals surface area contributed by atoms with Crippen LogP contribution >= 0.6 is 0 Å². The molecule has 1 aromatic carbocycles. The molecule has 0 aliphatic rings. The Bertz CT molecular complexity index is 448. The van der Waals surface area contributed by atoms with Gasteiger partial charge in [0.15, 0.2) is 5.60 Å². The second kappa shape index (κ2) is 5.04. The highest BCUT2D eigenvalue weighted by molar-refractivity contribution is 5.79. The Morgan fingerprint density at radius 3 is 2.17 bits per heavy atom. The molecule has 0 aliphatic heterocycles. The minimum Gasteiger partial charge on any atom is -0.479 e. The van der Waals surface area contributed by atoms with E-state index in [1.165, 1.54) is 32.0 Å². The first-order valence-corrected chi connectivity index (χ1v) is 5.76. The molecule has 0 saturated carbocycles. The van der Waals surface area contributed by atoms with Crippen LogP contribution in [0.5, 0.6) is 0 Å². The number of carbonyl (C=O) groups is 1. The van der Waals surface area contributed by atoms with Crippen LogP contribution in [0, 0.1) is 5.82 Å². The lowest BCUT2D eigenvalue weighted by molar-refractivity contribution is -0.198. The summed E-state index contributed by atoms with van der Waals surface area (Å²) in [5.41, 5.74) is -4.80. The topological polar surface area (TPSA) is 77.8 Å². The lowest BCUT2D eigenvalue weighted by Gasteiger charge is -2.39. The van der Waals surface area contributed by atoms with E-state index in [4.69, 9.17) is 5.11 Å². The number of carboxylic acids is 1. The molecule has 0 aromatic heterocycles. The molecule has 0 bridgehead atoms. The minimum atomic E-state index is -2.43. The summed E-state index contributed by atoms with van der Waals surface area (Å²) in [5, 5.41) is 29.8. The molecule has 2 atom stereocenters. The average Bonchev–Trinajstić information content (AvgIpc) is 2.37. The summed E-state index contributed by atoms with van der Waals surface area (Å²) >= 11 is 0. The number of hydrogen-bond donors (Lipinski definition) is 3. The van der Waals surface area contributed by atoms with Crippen molar-refractivity contribution in [1.29, 1.82) is 0 Å². The molecule has 1 aromatic rings. The summed E-state index contributed by atoms with van der Waals surface area (Å²) in [4.78, 5) is 11.2. The van der Waals surface area contributed by atoms with E-state index in [0.29, 0.717) is 0 Å². The molecule has 0 amide bonds. The van der Waals surface area contributed by atoms with Gasteiger partial charge in [0.25, 0.3) is 0 Å². The van der Waals surface area contributed by atoms with Crippen LogP contribution in [0.4, 0.5) is 4.39 Å². The van der Waals surface area contributed by atoms with Crippen molar-refractivity contribution in [1.82, 2.24) is 0 Å². The van der Waals surface area contributed by atoms with Crippen LogP contribution in [0.2, 0.25) is 0 Å². The highest BCUT2D eigenvalue weighted by Crippen LogP contribution is 2.39. The molecule has 100 valence electrons. The van der Waals surface area contributed by atoms with Crippen LogP contribution < -0.4 is 0 Å². The van der Waals surface area contributed by atoms with Gasteiger partial charge in [0, 0.05) is 5.56 Å². The summed E-state index contributed by atoms with van der Waals surface area (Å²) in [6.45, 7) is 2.92. The molecule has 0 unspecified atom stereocenters. The maximum Gasteiger partial charge on any atom is 0.339 e. The van der Waals surface area contributed by atoms with E-state index in [2.05, 4.69) is 0 Å². The lowest BCUT2D eigenvalue weighted by Crippen LogP contribution is -2.57. The van der Waals surface area contributed by atoms with Gasteiger partial charge in [-0.05, 0) is 18.9 Å². The van der Waals surface area contributed by atoms with E-state index in [0.717, 1.165) is 6.07 Å². The minimum absolute atomic E-state index is 0.120. The zero-order chi connectivity index (χ0) is 14.0. The molecule has 0 saturated heterocycles. The predicted molar refractivity (Wildman–Crippen MR) is 63.5 cm³/mol. The summed E-state index contributed by atoms with van der Waals surface area (Å²) in [6.07, 6.45) is -0.356. The van der Waals surface area contributed by atoms with Gasteiger partial charge in [-0.1, -0.05) is 32.0 Å². The monoisotopic (exact) mass is 256 g/mol. The van der Waals surface area contributed by atoms with Crippen LogP contribution in [0.25, 0.3) is 0 Å². The number of hydrogen-bond acceptors (Lipinski definition) is 3. The Labute approximate surface area is 105 Å². The molecule has 0 heterocycles. The zero-order valence-electron chi connectivity index (χ0n) is 10.4. The first-order valence-electron chi connectivity index (χ1n) is 5.76. The molecule has 0 radical (unpaired) electrons. The predicted octanol–water partition coefficient (Wildman–Crippen LogP) is 1.65. The van der Waals surface area contributed by atoms with Crippen LogP contribution in [0.15, 0.2) is 24.3 Å². The summed E-state index contributed by atoms with van der Waals surface area (Å²) in [6, 6.07) is 5.31. The second-order valence-electron chi connectivity index (χ2n) is 4.21. The van der Waals surface area contributed by atoms with Gasteiger partial charge in [-0.15, -0.1) is 0 Å².